The summed E-state index contributed by atoms with van der Waals surface area (Å²) in [5.41, 5.74) is 4.06. The molecule has 3 aliphatic carbocycles. The van der Waals surface area contributed by atoms with Crippen molar-refractivity contribution in [3.05, 3.63) is 65.2 Å². The Morgan fingerprint density at radius 1 is 1.06 bits per heavy atom. The first-order valence-corrected chi connectivity index (χ1v) is 12.2. The zero-order valence-electron chi connectivity index (χ0n) is 18.4. The van der Waals surface area contributed by atoms with Crippen LogP contribution in [0.25, 0.3) is 0 Å². The first-order valence-electron chi connectivity index (χ1n) is 12.2. The number of piperidine rings is 1. The molecule has 1 unspecified atom stereocenters. The molecule has 162 valence electrons. The van der Waals surface area contributed by atoms with E-state index in [2.05, 4.69) is 41.3 Å². The van der Waals surface area contributed by atoms with Crippen molar-refractivity contribution in [3.8, 4) is 5.75 Å². The third-order valence-electron chi connectivity index (χ3n) is 9.12. The van der Waals surface area contributed by atoms with Gasteiger partial charge in [0.05, 0.1) is 0 Å². The summed E-state index contributed by atoms with van der Waals surface area (Å²) in [5.74, 6) is 1.65. The smallest absolute Gasteiger partial charge is 0.133 e. The van der Waals surface area contributed by atoms with Gasteiger partial charge in [0, 0.05) is 30.8 Å². The van der Waals surface area contributed by atoms with E-state index in [9.17, 15) is 9.90 Å². The molecule has 3 atom stereocenters. The summed E-state index contributed by atoms with van der Waals surface area (Å²) in [4.78, 5) is 15.7. The van der Waals surface area contributed by atoms with Crippen molar-refractivity contribution in [2.24, 2.45) is 11.3 Å². The van der Waals surface area contributed by atoms with Gasteiger partial charge in [0.15, 0.2) is 0 Å². The molecule has 0 aromatic heterocycles. The highest BCUT2D eigenvalue weighted by Gasteiger charge is 2.64. The van der Waals surface area contributed by atoms with Crippen molar-refractivity contribution in [2.75, 3.05) is 13.1 Å². The number of carbonyl (C=O) groups is 1. The fourth-order valence-electron chi connectivity index (χ4n) is 7.48. The summed E-state index contributed by atoms with van der Waals surface area (Å²) < 4.78 is 0. The number of benzene rings is 2. The van der Waals surface area contributed by atoms with Crippen molar-refractivity contribution < 1.29 is 9.90 Å². The van der Waals surface area contributed by atoms with Gasteiger partial charge in [-0.3, -0.25) is 9.69 Å². The van der Waals surface area contributed by atoms with Crippen LogP contribution in [0, 0.1) is 11.3 Å². The lowest BCUT2D eigenvalue weighted by Crippen LogP contribution is -2.69. The van der Waals surface area contributed by atoms with Gasteiger partial charge in [0.2, 0.25) is 0 Å². The predicted octanol–water partition coefficient (Wildman–Crippen LogP) is 5.04. The minimum Gasteiger partial charge on any atom is -0.508 e. The fraction of sp³-hybridized carbons (Fsp3) is 0.536. The average molecular weight is 416 g/mol. The zero-order chi connectivity index (χ0) is 21.1. The number of phenolic OH excluding ortho intramolecular Hbond substituents is 1. The molecule has 0 amide bonds. The third-order valence-corrected chi connectivity index (χ3v) is 9.12. The highest BCUT2D eigenvalue weighted by molar-refractivity contribution is 5.82. The van der Waals surface area contributed by atoms with Crippen molar-refractivity contribution >= 4 is 5.78 Å². The molecule has 3 nitrogen and oxygen atoms in total. The highest BCUT2D eigenvalue weighted by atomic mass is 16.3. The largest absolute Gasteiger partial charge is 0.508 e. The quantitative estimate of drug-likeness (QED) is 0.743. The van der Waals surface area contributed by atoms with Gasteiger partial charge in [-0.25, -0.2) is 0 Å². The highest BCUT2D eigenvalue weighted by Crippen LogP contribution is 2.64. The van der Waals surface area contributed by atoms with Gasteiger partial charge in [-0.2, -0.15) is 0 Å². The Kier molecular flexibility index (Phi) is 4.54. The topological polar surface area (TPSA) is 40.5 Å². The number of fused-ring (bicyclic) bond motifs is 1. The van der Waals surface area contributed by atoms with Crippen molar-refractivity contribution in [1.29, 1.82) is 0 Å². The van der Waals surface area contributed by atoms with Gasteiger partial charge in [0.25, 0.3) is 0 Å². The van der Waals surface area contributed by atoms with E-state index in [1.165, 1.54) is 36.1 Å². The lowest BCUT2D eigenvalue weighted by molar-refractivity contribution is -0.140. The summed E-state index contributed by atoms with van der Waals surface area (Å²) >= 11 is 0. The molecule has 6 rings (SSSR count). The molecule has 3 fully saturated rings. The second-order valence-corrected chi connectivity index (χ2v) is 10.7. The standard InChI is InChI=1S/C28H33NO2/c30-23-9-8-22-16-26-27(12-10-20-4-2-1-3-5-20)13-11-24(31)18-28(27,25(22)17-23)14-15-29(26)19-21-6-7-21/h1-5,8-9,17,21,26,30H,6-7,10-16,18-19H2/t26?,27-,28+/m0/s1. The number of ketones is 1. The second kappa shape index (κ2) is 7.20. The van der Waals surface area contributed by atoms with Gasteiger partial charge in [-0.05, 0) is 91.6 Å². The number of rotatable bonds is 5. The van der Waals surface area contributed by atoms with Crippen LogP contribution in [0.1, 0.15) is 61.6 Å². The van der Waals surface area contributed by atoms with Crippen LogP contribution in [0.3, 0.4) is 0 Å². The molecule has 2 bridgehead atoms. The molecule has 31 heavy (non-hydrogen) atoms. The molecule has 1 aliphatic heterocycles. The molecule has 1 N–H and O–H groups in total. The van der Waals surface area contributed by atoms with Crippen molar-refractivity contribution in [2.45, 2.75) is 69.2 Å². The zero-order valence-corrected chi connectivity index (χ0v) is 18.4. The molecule has 3 heteroatoms. The molecular formula is C28H33NO2. The van der Waals surface area contributed by atoms with E-state index in [4.69, 9.17) is 0 Å². The molecule has 2 saturated carbocycles. The van der Waals surface area contributed by atoms with E-state index in [1.54, 1.807) is 0 Å². The summed E-state index contributed by atoms with van der Waals surface area (Å²) in [5, 5.41) is 10.4. The second-order valence-electron chi connectivity index (χ2n) is 10.7. The van der Waals surface area contributed by atoms with Gasteiger partial charge in [-0.1, -0.05) is 36.4 Å². The molecular weight excluding hydrogens is 382 g/mol. The minimum absolute atomic E-state index is 0.116. The monoisotopic (exact) mass is 415 g/mol. The summed E-state index contributed by atoms with van der Waals surface area (Å²) in [6.45, 7) is 2.33. The number of hydrogen-bond acceptors (Lipinski definition) is 3. The Morgan fingerprint density at radius 3 is 2.71 bits per heavy atom. The number of likely N-dealkylation sites (tertiary alicyclic amines) is 1. The van der Waals surface area contributed by atoms with E-state index in [0.29, 0.717) is 24.0 Å². The fourth-order valence-corrected chi connectivity index (χ4v) is 7.48. The number of aromatic hydroxyl groups is 1. The third kappa shape index (κ3) is 3.08. The minimum atomic E-state index is -0.117. The first-order chi connectivity index (χ1) is 15.1. The molecule has 2 aromatic carbocycles. The molecule has 2 aromatic rings. The van der Waals surface area contributed by atoms with Crippen LogP contribution in [0.2, 0.25) is 0 Å². The van der Waals surface area contributed by atoms with Crippen molar-refractivity contribution in [3.63, 3.8) is 0 Å². The molecule has 0 spiro atoms. The Bertz CT molecular complexity index is 997. The normalized spacial score (nSPS) is 32.4. The Morgan fingerprint density at radius 2 is 1.90 bits per heavy atom. The number of nitrogens with zero attached hydrogens (tertiary/aromatic N) is 1. The number of aryl methyl sites for hydroxylation is 1. The molecule has 4 aliphatic rings. The molecule has 0 radical (unpaired) electrons. The Labute approximate surface area is 185 Å². The van der Waals surface area contributed by atoms with Crippen LogP contribution in [-0.2, 0) is 23.1 Å². The lowest BCUT2D eigenvalue weighted by atomic mass is 9.42. The molecule has 1 heterocycles. The maximum absolute atomic E-state index is 12.9. The number of carbonyl (C=O) groups excluding carboxylic acids is 1. The van der Waals surface area contributed by atoms with Gasteiger partial charge in [-0.15, -0.1) is 0 Å². The SMILES string of the molecule is O=C1CC[C@@]2(CCc3ccccc3)C3Cc4ccc(O)cc4[C@@]2(CCN3CC2CC2)C1. The van der Waals surface area contributed by atoms with E-state index in [-0.39, 0.29) is 10.8 Å². The van der Waals surface area contributed by atoms with Crippen LogP contribution in [0.4, 0.5) is 0 Å². The number of Topliss-reactive ketones (excluding diaryl/α,β-unsaturated/α-hetero) is 1. The van der Waals surface area contributed by atoms with Gasteiger partial charge in [0.1, 0.15) is 11.5 Å². The van der Waals surface area contributed by atoms with Gasteiger partial charge < -0.3 is 5.11 Å². The van der Waals surface area contributed by atoms with Crippen LogP contribution < -0.4 is 0 Å². The van der Waals surface area contributed by atoms with Crippen LogP contribution in [-0.4, -0.2) is 34.9 Å². The van der Waals surface area contributed by atoms with E-state index in [1.807, 2.05) is 12.1 Å². The van der Waals surface area contributed by atoms with Crippen LogP contribution >= 0.6 is 0 Å². The summed E-state index contributed by atoms with van der Waals surface area (Å²) in [6.07, 6.45) is 9.46. The Hall–Kier alpha value is -2.13. The summed E-state index contributed by atoms with van der Waals surface area (Å²) in [6, 6.07) is 17.4. The maximum Gasteiger partial charge on any atom is 0.133 e. The first kappa shape index (κ1) is 19.5. The van der Waals surface area contributed by atoms with Crippen molar-refractivity contribution in [1.82, 2.24) is 4.90 Å². The average Bonchev–Trinajstić information content (AvgIpc) is 3.60. The maximum atomic E-state index is 12.9. The lowest BCUT2D eigenvalue weighted by Gasteiger charge is -2.66. The summed E-state index contributed by atoms with van der Waals surface area (Å²) in [7, 11) is 0. The van der Waals surface area contributed by atoms with E-state index in [0.717, 1.165) is 51.0 Å². The number of phenols is 1. The van der Waals surface area contributed by atoms with E-state index < -0.39 is 0 Å². The van der Waals surface area contributed by atoms with Gasteiger partial charge >= 0.3 is 0 Å². The van der Waals surface area contributed by atoms with Crippen LogP contribution in [0.5, 0.6) is 5.75 Å². The van der Waals surface area contributed by atoms with Crippen LogP contribution in [0.15, 0.2) is 48.5 Å². The van der Waals surface area contributed by atoms with E-state index >= 15 is 0 Å². The Balaban J connectivity index is 1.47. The predicted molar refractivity (Wildman–Crippen MR) is 122 cm³/mol. The molecule has 1 saturated heterocycles. The number of hydrogen-bond donors (Lipinski definition) is 1.